The number of hydrogen-bond acceptors (Lipinski definition) is 5. The number of anilines is 1. The lowest BCUT2D eigenvalue weighted by atomic mass is 9.91. The highest BCUT2D eigenvalue weighted by Gasteiger charge is 2.57. The summed E-state index contributed by atoms with van der Waals surface area (Å²) in [5.41, 5.74) is 1.94. The molecule has 0 aromatic heterocycles. The normalized spacial score (nSPS) is 21.7. The minimum absolute atomic E-state index is 0.125. The Bertz CT molecular complexity index is 1470. The predicted molar refractivity (Wildman–Crippen MR) is 158 cm³/mol. The zero-order chi connectivity index (χ0) is 29.4. The van der Waals surface area contributed by atoms with Gasteiger partial charge in [-0.25, -0.2) is 9.59 Å². The van der Waals surface area contributed by atoms with Crippen molar-refractivity contribution in [3.05, 3.63) is 93.5 Å². The maximum Gasteiger partial charge on any atom is 0.386 e. The standard InChI is InChI=1S/C31H32Cl2N2O5/c1-18(36)20-9-8-10-22(15-20)34-28(30(38)39)35(17-31(3,4)5)26-14-13-21(32)16-24(26)27(40-19(2)29(35)37)23-11-6-7-12-25(23)33/h6-16,19,27-28,34H,17H2,1-5H3/p+1/t19-,27-,28?,35?/m0/s1. The number of ether oxygens (including phenoxy) is 1. The highest BCUT2D eigenvalue weighted by molar-refractivity contribution is 6.31. The minimum Gasteiger partial charge on any atom is -0.475 e. The second kappa shape index (κ2) is 11.3. The number of nitrogens with one attached hydrogen (secondary N) is 1. The first-order chi connectivity index (χ1) is 18.7. The summed E-state index contributed by atoms with van der Waals surface area (Å²) < 4.78 is 5.80. The molecule has 0 spiro atoms. The molecule has 9 heteroatoms. The summed E-state index contributed by atoms with van der Waals surface area (Å²) in [4.78, 5) is 39.8. The number of carboxylic acid groups (broad SMARTS) is 1. The molecular weight excluding hydrogens is 551 g/mol. The second-order valence-corrected chi connectivity index (χ2v) is 12.2. The van der Waals surface area contributed by atoms with Crippen LogP contribution in [0.5, 0.6) is 0 Å². The fraction of sp³-hybridized carbons (Fsp3) is 0.323. The Hall–Kier alpha value is -3.23. The van der Waals surface area contributed by atoms with Crippen molar-refractivity contribution in [1.82, 2.24) is 4.48 Å². The van der Waals surface area contributed by atoms with Gasteiger partial charge >= 0.3 is 11.9 Å². The van der Waals surface area contributed by atoms with Gasteiger partial charge in [-0.2, -0.15) is 4.48 Å². The van der Waals surface area contributed by atoms with Gasteiger partial charge in [0.25, 0.3) is 6.17 Å². The lowest BCUT2D eigenvalue weighted by Gasteiger charge is -2.44. The average molecular weight is 585 g/mol. The summed E-state index contributed by atoms with van der Waals surface area (Å²) in [6, 6.07) is 18.8. The maximum absolute atomic E-state index is 14.6. The lowest BCUT2D eigenvalue weighted by Crippen LogP contribution is -2.70. The number of carboxylic acids is 1. The number of ketones is 1. The number of Topliss-reactive ketones (excluding diaryl/α,β-unsaturated/α-hetero) is 1. The fourth-order valence-electron chi connectivity index (χ4n) is 5.42. The molecule has 1 amide bonds. The van der Waals surface area contributed by atoms with E-state index < -0.39 is 40.1 Å². The van der Waals surface area contributed by atoms with Gasteiger partial charge in [-0.05, 0) is 44.2 Å². The first-order valence-corrected chi connectivity index (χ1v) is 13.7. The molecule has 0 fully saturated rings. The van der Waals surface area contributed by atoms with Gasteiger partial charge in [0, 0.05) is 43.9 Å². The molecule has 0 saturated carbocycles. The van der Waals surface area contributed by atoms with Gasteiger partial charge in [-0.1, -0.05) is 74.3 Å². The van der Waals surface area contributed by atoms with E-state index in [1.54, 1.807) is 61.5 Å². The molecule has 40 heavy (non-hydrogen) atoms. The van der Waals surface area contributed by atoms with Crippen LogP contribution in [0.4, 0.5) is 11.4 Å². The zero-order valence-corrected chi connectivity index (χ0v) is 24.6. The molecule has 2 unspecified atom stereocenters. The van der Waals surface area contributed by atoms with Crippen LogP contribution in [-0.4, -0.2) is 41.6 Å². The van der Waals surface area contributed by atoms with Crippen molar-refractivity contribution in [3.8, 4) is 0 Å². The number of quaternary nitrogens is 1. The predicted octanol–water partition coefficient (Wildman–Crippen LogP) is 7.11. The van der Waals surface area contributed by atoms with Crippen LogP contribution in [0.2, 0.25) is 10.0 Å². The third-order valence-corrected chi connectivity index (χ3v) is 7.52. The summed E-state index contributed by atoms with van der Waals surface area (Å²) >= 11 is 13.1. The topological polar surface area (TPSA) is 92.7 Å². The Kier molecular flexibility index (Phi) is 8.43. The second-order valence-electron chi connectivity index (χ2n) is 11.3. The largest absolute Gasteiger partial charge is 0.475 e. The number of amides is 1. The van der Waals surface area contributed by atoms with Crippen LogP contribution in [0.15, 0.2) is 66.7 Å². The van der Waals surface area contributed by atoms with Gasteiger partial charge in [-0.3, -0.25) is 4.79 Å². The van der Waals surface area contributed by atoms with Crippen LogP contribution in [0.1, 0.15) is 62.2 Å². The Morgan fingerprint density at radius 1 is 1.02 bits per heavy atom. The van der Waals surface area contributed by atoms with E-state index in [4.69, 9.17) is 27.9 Å². The smallest absolute Gasteiger partial charge is 0.386 e. The summed E-state index contributed by atoms with van der Waals surface area (Å²) in [6.07, 6.45) is -3.26. The zero-order valence-electron chi connectivity index (χ0n) is 23.1. The Labute approximate surface area is 244 Å². The minimum atomic E-state index is -1.47. The van der Waals surface area contributed by atoms with Crippen molar-refractivity contribution in [3.63, 3.8) is 0 Å². The average Bonchev–Trinajstić information content (AvgIpc) is 2.96. The van der Waals surface area contributed by atoms with E-state index in [0.29, 0.717) is 38.1 Å². The van der Waals surface area contributed by atoms with E-state index in [1.165, 1.54) is 6.92 Å². The third kappa shape index (κ3) is 5.79. The number of aliphatic carboxylic acids is 1. The molecule has 0 saturated heterocycles. The van der Waals surface area contributed by atoms with Gasteiger partial charge in [0.2, 0.25) is 0 Å². The number of hydrogen-bond donors (Lipinski definition) is 2. The number of fused-ring (bicyclic) bond motifs is 1. The molecule has 0 radical (unpaired) electrons. The molecule has 3 aromatic carbocycles. The highest BCUT2D eigenvalue weighted by atomic mass is 35.5. The van der Waals surface area contributed by atoms with E-state index in [1.807, 2.05) is 32.9 Å². The van der Waals surface area contributed by atoms with E-state index in [-0.39, 0.29) is 12.3 Å². The molecule has 210 valence electrons. The number of benzene rings is 3. The van der Waals surface area contributed by atoms with E-state index in [0.717, 1.165) is 0 Å². The first-order valence-electron chi connectivity index (χ1n) is 13.0. The van der Waals surface area contributed by atoms with E-state index >= 15 is 0 Å². The molecule has 0 bridgehead atoms. The first kappa shape index (κ1) is 29.7. The number of halogens is 2. The van der Waals surface area contributed by atoms with Gasteiger partial charge in [-0.15, -0.1) is 0 Å². The van der Waals surface area contributed by atoms with E-state index in [2.05, 4.69) is 5.32 Å². The molecule has 1 heterocycles. The van der Waals surface area contributed by atoms with Gasteiger partial charge in [0.1, 0.15) is 11.8 Å². The Balaban J connectivity index is 2.04. The Morgan fingerprint density at radius 3 is 2.35 bits per heavy atom. The number of carbonyl (C=O) groups excluding carboxylic acids is 2. The molecular formula is C31H33Cl2N2O5+. The molecule has 1 aliphatic rings. The molecule has 4 atom stereocenters. The summed E-state index contributed by atoms with van der Waals surface area (Å²) in [5, 5.41) is 14.7. The summed E-state index contributed by atoms with van der Waals surface area (Å²) in [7, 11) is 0. The van der Waals surface area contributed by atoms with Crippen molar-refractivity contribution < 1.29 is 24.2 Å². The Morgan fingerprint density at radius 2 is 1.73 bits per heavy atom. The van der Waals surface area contributed by atoms with E-state index in [9.17, 15) is 19.5 Å². The van der Waals surface area contributed by atoms with Crippen LogP contribution in [0.25, 0.3) is 0 Å². The molecule has 7 nitrogen and oxygen atoms in total. The van der Waals surface area contributed by atoms with Crippen LogP contribution in [0, 0.1) is 5.41 Å². The molecule has 0 aliphatic carbocycles. The summed E-state index contributed by atoms with van der Waals surface area (Å²) in [6.45, 7) is 9.05. The van der Waals surface area contributed by atoms with Crippen molar-refractivity contribution in [2.45, 2.75) is 53.0 Å². The SMILES string of the molecule is CC(=O)c1cccc(NC(C(=O)O)[N+]2(CC(C)(C)C)C(=O)[C@H](C)O[C@@H](c3ccccc3Cl)c3cc(Cl)ccc32)c1. The van der Waals surface area contributed by atoms with Crippen molar-refractivity contribution in [2.24, 2.45) is 5.41 Å². The van der Waals surface area contributed by atoms with Crippen LogP contribution in [-0.2, 0) is 14.3 Å². The maximum atomic E-state index is 14.6. The highest BCUT2D eigenvalue weighted by Crippen LogP contribution is 2.46. The van der Waals surface area contributed by atoms with Crippen molar-refractivity contribution in [1.29, 1.82) is 0 Å². The van der Waals surface area contributed by atoms with Crippen molar-refractivity contribution >= 4 is 52.2 Å². The molecule has 4 rings (SSSR count). The van der Waals surface area contributed by atoms with Gasteiger partial charge < -0.3 is 15.2 Å². The number of nitrogens with zero attached hydrogens (tertiary/aromatic N) is 1. The molecule has 3 aromatic rings. The number of carbonyl (C=O) groups is 3. The van der Waals surface area contributed by atoms with Crippen molar-refractivity contribution in [2.75, 3.05) is 11.9 Å². The molecule has 2 N–H and O–H groups in total. The van der Waals surface area contributed by atoms with Gasteiger partial charge in [0.15, 0.2) is 11.9 Å². The van der Waals surface area contributed by atoms with Gasteiger partial charge in [0.05, 0.1) is 6.54 Å². The van der Waals surface area contributed by atoms with Crippen LogP contribution in [0.3, 0.4) is 0 Å². The molecule has 1 aliphatic heterocycles. The van der Waals surface area contributed by atoms with Crippen LogP contribution >= 0.6 is 23.2 Å². The fourth-order valence-corrected chi connectivity index (χ4v) is 5.84. The van der Waals surface area contributed by atoms with Crippen LogP contribution < -0.4 is 9.80 Å². The monoisotopic (exact) mass is 583 g/mol. The summed E-state index contributed by atoms with van der Waals surface area (Å²) in [5.74, 6) is -1.84. The number of rotatable bonds is 7. The quantitative estimate of drug-likeness (QED) is 0.227. The third-order valence-electron chi connectivity index (χ3n) is 6.94. The lowest BCUT2D eigenvalue weighted by molar-refractivity contribution is -0.154.